The van der Waals surface area contributed by atoms with Crippen molar-refractivity contribution >= 4 is 11.6 Å². The predicted molar refractivity (Wildman–Crippen MR) is 93.2 cm³/mol. The fourth-order valence-corrected chi connectivity index (χ4v) is 2.69. The number of nitrogens with one attached hydrogen (secondary N) is 2. The summed E-state index contributed by atoms with van der Waals surface area (Å²) >= 11 is 0. The van der Waals surface area contributed by atoms with E-state index in [1.807, 2.05) is 0 Å². The van der Waals surface area contributed by atoms with Crippen LogP contribution in [0.2, 0.25) is 0 Å². The number of hydrogen-bond acceptors (Lipinski definition) is 3. The van der Waals surface area contributed by atoms with Gasteiger partial charge in [0.05, 0.1) is 5.56 Å². The summed E-state index contributed by atoms with van der Waals surface area (Å²) < 4.78 is 38.3. The fourth-order valence-electron chi connectivity index (χ4n) is 2.69. The molecule has 1 saturated carbocycles. The first kappa shape index (κ1) is 17.3. The van der Waals surface area contributed by atoms with E-state index in [1.165, 1.54) is 12.1 Å². The van der Waals surface area contributed by atoms with E-state index in [0.717, 1.165) is 36.4 Å². The highest BCUT2D eigenvalue weighted by Gasteiger charge is 2.31. The van der Waals surface area contributed by atoms with E-state index in [1.54, 1.807) is 24.3 Å². The fraction of sp³-hybridized carbons (Fsp3) is 0.211. The molecular formula is C19H15F3N4O. The van der Waals surface area contributed by atoms with Gasteiger partial charge in [0.1, 0.15) is 5.82 Å². The van der Waals surface area contributed by atoms with Gasteiger partial charge in [-0.1, -0.05) is 6.07 Å². The highest BCUT2D eigenvalue weighted by atomic mass is 19.4. The topological polar surface area (TPSA) is 70.7 Å². The molecule has 1 amide bonds. The molecule has 1 aliphatic carbocycles. The number of halogens is 3. The summed E-state index contributed by atoms with van der Waals surface area (Å²) in [7, 11) is 0. The van der Waals surface area contributed by atoms with E-state index >= 15 is 0 Å². The molecule has 0 unspecified atom stereocenters. The molecule has 4 rings (SSSR count). The van der Waals surface area contributed by atoms with E-state index in [4.69, 9.17) is 0 Å². The summed E-state index contributed by atoms with van der Waals surface area (Å²) in [6, 6.07) is 11.1. The maximum atomic E-state index is 12.8. The average molecular weight is 372 g/mol. The van der Waals surface area contributed by atoms with Gasteiger partial charge in [-0.3, -0.25) is 9.89 Å². The highest BCUT2D eigenvalue weighted by molar-refractivity contribution is 6.04. The quantitative estimate of drug-likeness (QED) is 0.702. The minimum Gasteiger partial charge on any atom is -0.322 e. The van der Waals surface area contributed by atoms with Crippen molar-refractivity contribution in [3.05, 3.63) is 65.5 Å². The first-order valence-corrected chi connectivity index (χ1v) is 8.41. The van der Waals surface area contributed by atoms with Crippen LogP contribution in [-0.2, 0) is 6.18 Å². The Hall–Kier alpha value is -3.16. The van der Waals surface area contributed by atoms with Crippen molar-refractivity contribution in [2.24, 2.45) is 0 Å². The minimum atomic E-state index is -4.49. The molecule has 1 aliphatic rings. The molecule has 27 heavy (non-hydrogen) atoms. The number of alkyl halides is 3. The van der Waals surface area contributed by atoms with Crippen LogP contribution >= 0.6 is 0 Å². The Kier molecular flexibility index (Phi) is 4.18. The number of nitrogens with zero attached hydrogens (tertiary/aromatic N) is 2. The molecule has 2 N–H and O–H groups in total. The summed E-state index contributed by atoms with van der Waals surface area (Å²) in [5.74, 6) is 1.32. The Morgan fingerprint density at radius 3 is 2.52 bits per heavy atom. The molecule has 0 spiro atoms. The monoisotopic (exact) mass is 372 g/mol. The summed E-state index contributed by atoms with van der Waals surface area (Å²) in [5.41, 5.74) is 0.341. The van der Waals surface area contributed by atoms with Gasteiger partial charge in [-0.25, -0.2) is 4.98 Å². The molecule has 138 valence electrons. The standard InChI is InChI=1S/C19H15F3N4O/c20-19(21,22)14-3-1-2-13(10-14)18(27)23-15-8-6-12(7-9-15)17-24-16(25-26-17)11-4-5-11/h1-3,6-11H,4-5H2,(H,23,27)(H,24,25,26). The number of hydrogen-bond donors (Lipinski definition) is 2. The van der Waals surface area contributed by atoms with Crippen LogP contribution in [0.25, 0.3) is 11.4 Å². The van der Waals surface area contributed by atoms with Crippen molar-refractivity contribution < 1.29 is 18.0 Å². The smallest absolute Gasteiger partial charge is 0.322 e. The van der Waals surface area contributed by atoms with Crippen LogP contribution in [0.5, 0.6) is 0 Å². The number of aromatic nitrogens is 3. The zero-order valence-corrected chi connectivity index (χ0v) is 14.0. The lowest BCUT2D eigenvalue weighted by molar-refractivity contribution is -0.137. The van der Waals surface area contributed by atoms with E-state index in [9.17, 15) is 18.0 Å². The van der Waals surface area contributed by atoms with Crippen molar-refractivity contribution in [2.75, 3.05) is 5.32 Å². The summed E-state index contributed by atoms with van der Waals surface area (Å²) in [6.45, 7) is 0. The van der Waals surface area contributed by atoms with Crippen molar-refractivity contribution in [2.45, 2.75) is 24.9 Å². The van der Waals surface area contributed by atoms with Gasteiger partial charge < -0.3 is 5.32 Å². The number of carbonyl (C=O) groups excluding carboxylic acids is 1. The van der Waals surface area contributed by atoms with Gasteiger partial charge in [-0.05, 0) is 55.3 Å². The first-order chi connectivity index (χ1) is 12.9. The lowest BCUT2D eigenvalue weighted by Crippen LogP contribution is -2.13. The van der Waals surface area contributed by atoms with Crippen molar-refractivity contribution in [3.63, 3.8) is 0 Å². The Morgan fingerprint density at radius 1 is 1.11 bits per heavy atom. The molecule has 0 atom stereocenters. The molecule has 0 bridgehead atoms. The molecule has 2 aromatic carbocycles. The lowest BCUT2D eigenvalue weighted by Gasteiger charge is -2.09. The predicted octanol–water partition coefficient (Wildman–Crippen LogP) is 4.62. The number of aromatic amines is 1. The van der Waals surface area contributed by atoms with E-state index < -0.39 is 17.6 Å². The van der Waals surface area contributed by atoms with Crippen LogP contribution < -0.4 is 5.32 Å². The second-order valence-corrected chi connectivity index (χ2v) is 6.43. The normalized spacial score (nSPS) is 14.2. The molecule has 1 fully saturated rings. The SMILES string of the molecule is O=C(Nc1ccc(-c2n[nH]c(C3CC3)n2)cc1)c1cccc(C(F)(F)F)c1. The van der Waals surface area contributed by atoms with Crippen molar-refractivity contribution in [1.82, 2.24) is 15.2 Å². The Morgan fingerprint density at radius 2 is 1.85 bits per heavy atom. The number of benzene rings is 2. The Balaban J connectivity index is 1.47. The van der Waals surface area contributed by atoms with E-state index in [2.05, 4.69) is 20.5 Å². The molecule has 0 aliphatic heterocycles. The molecule has 0 radical (unpaired) electrons. The highest BCUT2D eigenvalue weighted by Crippen LogP contribution is 2.38. The summed E-state index contributed by atoms with van der Waals surface area (Å²) in [5, 5.41) is 9.71. The molecule has 5 nitrogen and oxygen atoms in total. The van der Waals surface area contributed by atoms with E-state index in [0.29, 0.717) is 17.4 Å². The number of carbonyl (C=O) groups is 1. The Bertz CT molecular complexity index is 975. The van der Waals surface area contributed by atoms with Crippen LogP contribution in [0.1, 0.15) is 40.5 Å². The third-order valence-corrected chi connectivity index (χ3v) is 4.32. The lowest BCUT2D eigenvalue weighted by atomic mass is 10.1. The summed E-state index contributed by atoms with van der Waals surface area (Å²) in [4.78, 5) is 16.7. The maximum Gasteiger partial charge on any atom is 0.416 e. The Labute approximate surface area is 152 Å². The molecule has 1 heterocycles. The molecule has 8 heteroatoms. The maximum absolute atomic E-state index is 12.8. The van der Waals surface area contributed by atoms with Gasteiger partial charge in [0, 0.05) is 22.7 Å². The largest absolute Gasteiger partial charge is 0.416 e. The van der Waals surface area contributed by atoms with Gasteiger partial charge in [0.25, 0.3) is 5.91 Å². The first-order valence-electron chi connectivity index (χ1n) is 8.41. The third-order valence-electron chi connectivity index (χ3n) is 4.32. The second kappa shape index (κ2) is 6.53. The molecule has 3 aromatic rings. The van der Waals surface area contributed by atoms with E-state index in [-0.39, 0.29) is 5.56 Å². The van der Waals surface area contributed by atoms with Crippen LogP contribution in [-0.4, -0.2) is 21.1 Å². The van der Waals surface area contributed by atoms with Crippen LogP contribution in [0, 0.1) is 0 Å². The second-order valence-electron chi connectivity index (χ2n) is 6.43. The van der Waals surface area contributed by atoms with Crippen LogP contribution in [0.15, 0.2) is 48.5 Å². The molecular weight excluding hydrogens is 357 g/mol. The summed E-state index contributed by atoms with van der Waals surface area (Å²) in [6.07, 6.45) is -2.25. The van der Waals surface area contributed by atoms with Gasteiger partial charge in [0.2, 0.25) is 0 Å². The average Bonchev–Trinajstić information content (AvgIpc) is 3.39. The van der Waals surface area contributed by atoms with Gasteiger partial charge in [0.15, 0.2) is 5.82 Å². The van der Waals surface area contributed by atoms with Crippen LogP contribution in [0.4, 0.5) is 18.9 Å². The number of rotatable bonds is 4. The van der Waals surface area contributed by atoms with Gasteiger partial charge >= 0.3 is 6.18 Å². The zero-order valence-electron chi connectivity index (χ0n) is 14.0. The zero-order chi connectivity index (χ0) is 19.0. The number of H-pyrrole nitrogens is 1. The van der Waals surface area contributed by atoms with Crippen molar-refractivity contribution in [1.29, 1.82) is 0 Å². The molecule has 1 aromatic heterocycles. The van der Waals surface area contributed by atoms with Gasteiger partial charge in [-0.15, -0.1) is 0 Å². The third kappa shape index (κ3) is 3.84. The van der Waals surface area contributed by atoms with Crippen molar-refractivity contribution in [3.8, 4) is 11.4 Å². The molecule has 0 saturated heterocycles. The van der Waals surface area contributed by atoms with Crippen LogP contribution in [0.3, 0.4) is 0 Å². The number of amides is 1. The van der Waals surface area contributed by atoms with Gasteiger partial charge in [-0.2, -0.15) is 18.3 Å². The minimum absolute atomic E-state index is 0.0584. The number of anilines is 1.